The third-order valence-electron chi connectivity index (χ3n) is 4.73. The van der Waals surface area contributed by atoms with Gasteiger partial charge in [-0.2, -0.15) is 0 Å². The van der Waals surface area contributed by atoms with E-state index in [1.165, 1.54) is 0 Å². The number of pyridine rings is 1. The lowest BCUT2D eigenvalue weighted by Gasteiger charge is -2.27. The van der Waals surface area contributed by atoms with E-state index in [1.807, 2.05) is 60.6 Å². The molecule has 2 atom stereocenters. The van der Waals surface area contributed by atoms with Gasteiger partial charge in [-0.05, 0) is 53.5 Å². The zero-order chi connectivity index (χ0) is 21.1. The van der Waals surface area contributed by atoms with Gasteiger partial charge in [0.25, 0.3) is 0 Å². The van der Waals surface area contributed by atoms with Crippen LogP contribution in [0.15, 0.2) is 18.3 Å². The molecule has 0 radical (unpaired) electrons. The normalized spacial score (nSPS) is 20.0. The molecule has 1 saturated heterocycles. The molecule has 1 N–H and O–H groups in total. The Hall–Kier alpha value is -2.31. The number of likely N-dealkylation sites (tertiary alicyclic amines) is 1. The zero-order valence-electron chi connectivity index (χ0n) is 18.0. The number of hydrogen-bond acceptors (Lipinski definition) is 5. The molecule has 28 heavy (non-hydrogen) atoms. The van der Waals surface area contributed by atoms with Gasteiger partial charge in [0.05, 0.1) is 11.5 Å². The van der Waals surface area contributed by atoms with Crippen molar-refractivity contribution in [1.82, 2.24) is 15.2 Å². The van der Waals surface area contributed by atoms with Crippen LogP contribution in [0.3, 0.4) is 0 Å². The molecule has 1 aliphatic rings. The van der Waals surface area contributed by atoms with Gasteiger partial charge in [0.15, 0.2) is 0 Å². The molecule has 2 heterocycles. The average Bonchev–Trinajstić information content (AvgIpc) is 2.93. The SMILES string of the molecule is Cc1cccnc1OCC(C)(C)C(=O)N[C@@H]1CN(C(=O)OC(C)(C)C)C[C@H]1C. The summed E-state index contributed by atoms with van der Waals surface area (Å²) >= 11 is 0. The quantitative estimate of drug-likeness (QED) is 0.834. The number of aryl methyl sites for hydroxylation is 1. The second-order valence-corrected chi connectivity index (χ2v) is 9.24. The number of carbonyl (C=O) groups excluding carboxylic acids is 2. The van der Waals surface area contributed by atoms with Gasteiger partial charge in [0, 0.05) is 24.8 Å². The molecule has 0 aliphatic carbocycles. The highest BCUT2D eigenvalue weighted by molar-refractivity contribution is 5.82. The first-order chi connectivity index (χ1) is 12.9. The minimum absolute atomic E-state index is 0.107. The van der Waals surface area contributed by atoms with Crippen molar-refractivity contribution < 1.29 is 19.1 Å². The number of amides is 2. The van der Waals surface area contributed by atoms with E-state index >= 15 is 0 Å². The number of hydrogen-bond donors (Lipinski definition) is 1. The van der Waals surface area contributed by atoms with Crippen LogP contribution in [-0.4, -0.2) is 53.2 Å². The highest BCUT2D eigenvalue weighted by Crippen LogP contribution is 2.23. The molecular formula is C21H33N3O4. The average molecular weight is 392 g/mol. The number of nitrogens with one attached hydrogen (secondary N) is 1. The minimum atomic E-state index is -0.733. The molecule has 0 aromatic carbocycles. The van der Waals surface area contributed by atoms with Crippen molar-refractivity contribution in [2.24, 2.45) is 11.3 Å². The first-order valence-electron chi connectivity index (χ1n) is 9.72. The number of rotatable bonds is 5. The van der Waals surface area contributed by atoms with Crippen LogP contribution in [0.25, 0.3) is 0 Å². The molecule has 1 aliphatic heterocycles. The van der Waals surface area contributed by atoms with Gasteiger partial charge in [0.2, 0.25) is 11.8 Å². The van der Waals surface area contributed by atoms with Gasteiger partial charge in [-0.1, -0.05) is 13.0 Å². The van der Waals surface area contributed by atoms with Gasteiger partial charge in [-0.15, -0.1) is 0 Å². The summed E-state index contributed by atoms with van der Waals surface area (Å²) in [5.74, 6) is 0.573. The summed E-state index contributed by atoms with van der Waals surface area (Å²) in [7, 11) is 0. The smallest absolute Gasteiger partial charge is 0.410 e. The van der Waals surface area contributed by atoms with Crippen LogP contribution in [0.4, 0.5) is 4.79 Å². The van der Waals surface area contributed by atoms with E-state index < -0.39 is 11.0 Å². The Morgan fingerprint density at radius 3 is 2.54 bits per heavy atom. The van der Waals surface area contributed by atoms with Crippen LogP contribution in [0.2, 0.25) is 0 Å². The monoisotopic (exact) mass is 391 g/mol. The third-order valence-corrected chi connectivity index (χ3v) is 4.73. The van der Waals surface area contributed by atoms with Crippen LogP contribution < -0.4 is 10.1 Å². The van der Waals surface area contributed by atoms with Gasteiger partial charge in [-0.3, -0.25) is 4.79 Å². The van der Waals surface area contributed by atoms with Crippen molar-refractivity contribution in [2.75, 3.05) is 19.7 Å². The maximum Gasteiger partial charge on any atom is 0.410 e. The summed E-state index contributed by atoms with van der Waals surface area (Å²) in [5.41, 5.74) is -0.343. The lowest BCUT2D eigenvalue weighted by Crippen LogP contribution is -2.48. The van der Waals surface area contributed by atoms with E-state index in [0.717, 1.165) is 5.56 Å². The topological polar surface area (TPSA) is 80.8 Å². The highest BCUT2D eigenvalue weighted by atomic mass is 16.6. The predicted octanol–water partition coefficient (Wildman–Crippen LogP) is 3.17. The molecule has 1 fully saturated rings. The Labute approximate surface area is 167 Å². The second-order valence-electron chi connectivity index (χ2n) is 9.24. The number of nitrogens with zero attached hydrogens (tertiary/aromatic N) is 2. The Morgan fingerprint density at radius 2 is 1.93 bits per heavy atom. The molecule has 1 aromatic heterocycles. The fraction of sp³-hybridized carbons (Fsp3) is 0.667. The van der Waals surface area contributed by atoms with Crippen molar-refractivity contribution in [3.05, 3.63) is 23.9 Å². The molecule has 0 unspecified atom stereocenters. The lowest BCUT2D eigenvalue weighted by atomic mass is 9.92. The third kappa shape index (κ3) is 5.84. The molecule has 2 rings (SSSR count). The van der Waals surface area contributed by atoms with E-state index in [1.54, 1.807) is 11.1 Å². The maximum absolute atomic E-state index is 12.8. The largest absolute Gasteiger partial charge is 0.476 e. The molecule has 0 bridgehead atoms. The minimum Gasteiger partial charge on any atom is -0.476 e. The molecule has 0 saturated carbocycles. The Morgan fingerprint density at radius 1 is 1.25 bits per heavy atom. The standard InChI is InChI=1S/C21H33N3O4/c1-14-9-8-10-22-17(14)27-13-21(6,7)18(25)23-16-12-24(11-15(16)2)19(26)28-20(3,4)5/h8-10,15-16H,11-13H2,1-7H3,(H,23,25)/t15-,16-/m1/s1. The van der Waals surface area contributed by atoms with Crippen molar-refractivity contribution in [2.45, 2.75) is 60.1 Å². The lowest BCUT2D eigenvalue weighted by molar-refractivity contribution is -0.131. The Bertz CT molecular complexity index is 712. The first-order valence-corrected chi connectivity index (χ1v) is 9.72. The number of ether oxygens (including phenoxy) is 2. The fourth-order valence-corrected chi connectivity index (χ4v) is 2.93. The van der Waals surface area contributed by atoms with Crippen LogP contribution in [0, 0.1) is 18.3 Å². The van der Waals surface area contributed by atoms with Gasteiger partial charge in [-0.25, -0.2) is 9.78 Å². The molecule has 0 spiro atoms. The van der Waals surface area contributed by atoms with Crippen LogP contribution >= 0.6 is 0 Å². The van der Waals surface area contributed by atoms with Crippen molar-refractivity contribution in [3.8, 4) is 5.88 Å². The Kier molecular flexibility index (Phi) is 6.57. The maximum atomic E-state index is 12.8. The van der Waals surface area contributed by atoms with E-state index in [-0.39, 0.29) is 30.6 Å². The van der Waals surface area contributed by atoms with Crippen molar-refractivity contribution in [3.63, 3.8) is 0 Å². The molecule has 7 nitrogen and oxygen atoms in total. The summed E-state index contributed by atoms with van der Waals surface area (Å²) in [6.45, 7) is 14.4. The van der Waals surface area contributed by atoms with Gasteiger partial charge >= 0.3 is 6.09 Å². The van der Waals surface area contributed by atoms with Gasteiger partial charge < -0.3 is 19.7 Å². The van der Waals surface area contributed by atoms with E-state index in [9.17, 15) is 9.59 Å². The zero-order valence-corrected chi connectivity index (χ0v) is 18.0. The first kappa shape index (κ1) is 22.0. The van der Waals surface area contributed by atoms with Crippen LogP contribution in [-0.2, 0) is 9.53 Å². The molecule has 1 aromatic rings. The van der Waals surface area contributed by atoms with Crippen molar-refractivity contribution in [1.29, 1.82) is 0 Å². The fourth-order valence-electron chi connectivity index (χ4n) is 2.93. The predicted molar refractivity (Wildman–Crippen MR) is 107 cm³/mol. The summed E-state index contributed by atoms with van der Waals surface area (Å²) in [6, 6.07) is 3.65. The van der Waals surface area contributed by atoms with E-state index in [0.29, 0.717) is 19.0 Å². The second kappa shape index (κ2) is 8.37. The van der Waals surface area contributed by atoms with E-state index in [2.05, 4.69) is 10.3 Å². The molecule has 2 amide bonds. The Balaban J connectivity index is 1.92. The van der Waals surface area contributed by atoms with E-state index in [4.69, 9.17) is 9.47 Å². The number of aromatic nitrogens is 1. The molecule has 7 heteroatoms. The summed E-state index contributed by atoms with van der Waals surface area (Å²) in [6.07, 6.45) is 1.32. The van der Waals surface area contributed by atoms with Crippen LogP contribution in [0.5, 0.6) is 5.88 Å². The van der Waals surface area contributed by atoms with Crippen molar-refractivity contribution >= 4 is 12.0 Å². The molecule has 156 valence electrons. The van der Waals surface area contributed by atoms with Gasteiger partial charge in [0.1, 0.15) is 12.2 Å². The van der Waals surface area contributed by atoms with Crippen LogP contribution in [0.1, 0.15) is 47.1 Å². The summed E-state index contributed by atoms with van der Waals surface area (Å²) in [5, 5.41) is 3.08. The highest BCUT2D eigenvalue weighted by Gasteiger charge is 2.38. The molecular weight excluding hydrogens is 358 g/mol. The summed E-state index contributed by atoms with van der Waals surface area (Å²) < 4.78 is 11.2. The number of carbonyl (C=O) groups is 2. The summed E-state index contributed by atoms with van der Waals surface area (Å²) in [4.78, 5) is 31.0.